The Hall–Kier alpha value is -0.820. The van der Waals surface area contributed by atoms with Crippen molar-refractivity contribution in [3.05, 3.63) is 35.9 Å². The molecule has 0 radical (unpaired) electrons. The summed E-state index contributed by atoms with van der Waals surface area (Å²) in [4.78, 5) is 0. The Kier molecular flexibility index (Phi) is 5.73. The van der Waals surface area contributed by atoms with E-state index in [1.54, 1.807) is 0 Å². The highest BCUT2D eigenvalue weighted by Crippen LogP contribution is 2.23. The van der Waals surface area contributed by atoms with Gasteiger partial charge in [0.1, 0.15) is 0 Å². The van der Waals surface area contributed by atoms with Crippen molar-refractivity contribution in [3.8, 4) is 0 Å². The number of aryl methyl sites for hydroxylation is 1. The molecule has 1 aliphatic carbocycles. The van der Waals surface area contributed by atoms with Gasteiger partial charge in [0, 0.05) is 6.04 Å². The molecule has 100 valence electrons. The molecule has 0 amide bonds. The number of rotatable bonds is 6. The summed E-state index contributed by atoms with van der Waals surface area (Å²) >= 11 is 0. The van der Waals surface area contributed by atoms with Gasteiger partial charge < -0.3 is 5.32 Å². The molecule has 0 saturated heterocycles. The average molecular weight is 245 g/mol. The third-order valence-corrected chi connectivity index (χ3v) is 4.18. The maximum Gasteiger partial charge on any atom is 0.00672 e. The maximum absolute atomic E-state index is 3.73. The van der Waals surface area contributed by atoms with E-state index >= 15 is 0 Å². The van der Waals surface area contributed by atoms with Gasteiger partial charge in [0.05, 0.1) is 0 Å². The molecule has 2 rings (SSSR count). The molecule has 0 aliphatic heterocycles. The van der Waals surface area contributed by atoms with Crippen LogP contribution in [-0.2, 0) is 6.42 Å². The van der Waals surface area contributed by atoms with Gasteiger partial charge in [-0.05, 0) is 63.0 Å². The van der Waals surface area contributed by atoms with E-state index in [1.165, 1.54) is 57.1 Å². The van der Waals surface area contributed by atoms with Crippen LogP contribution in [-0.4, -0.2) is 12.6 Å². The molecule has 0 spiro atoms. The van der Waals surface area contributed by atoms with Crippen LogP contribution in [0, 0.1) is 5.92 Å². The molecule has 1 N–H and O–H groups in total. The average Bonchev–Trinajstić information content (AvgIpc) is 2.42. The van der Waals surface area contributed by atoms with Gasteiger partial charge in [-0.3, -0.25) is 0 Å². The molecule has 0 unspecified atom stereocenters. The Morgan fingerprint density at radius 2 is 1.72 bits per heavy atom. The molecule has 0 atom stereocenters. The molecule has 1 saturated carbocycles. The Labute approximate surface area is 112 Å². The zero-order valence-electron chi connectivity index (χ0n) is 11.7. The second kappa shape index (κ2) is 7.58. The van der Waals surface area contributed by atoms with E-state index in [2.05, 4.69) is 42.6 Å². The largest absolute Gasteiger partial charge is 0.314 e. The molecule has 1 heteroatoms. The van der Waals surface area contributed by atoms with Crippen LogP contribution < -0.4 is 5.32 Å². The van der Waals surface area contributed by atoms with Crippen molar-refractivity contribution in [2.75, 3.05) is 6.54 Å². The molecular formula is C17H27N. The molecular weight excluding hydrogens is 218 g/mol. The summed E-state index contributed by atoms with van der Waals surface area (Å²) in [5.74, 6) is 0.959. The van der Waals surface area contributed by atoms with Gasteiger partial charge >= 0.3 is 0 Å². The normalized spacial score (nSPS) is 24.1. The maximum atomic E-state index is 3.73. The van der Waals surface area contributed by atoms with Crippen LogP contribution in [0.5, 0.6) is 0 Å². The minimum Gasteiger partial charge on any atom is -0.314 e. The predicted molar refractivity (Wildman–Crippen MR) is 78.8 cm³/mol. The lowest BCUT2D eigenvalue weighted by Gasteiger charge is -2.27. The Morgan fingerprint density at radius 3 is 2.44 bits per heavy atom. The smallest absolute Gasteiger partial charge is 0.00672 e. The SMILES string of the molecule is C[C@H]1CC[C@H](NCCCCc2ccccc2)CC1. The third-order valence-electron chi connectivity index (χ3n) is 4.18. The third kappa shape index (κ3) is 4.81. The number of hydrogen-bond donors (Lipinski definition) is 1. The van der Waals surface area contributed by atoms with Gasteiger partial charge in [0.25, 0.3) is 0 Å². The minimum atomic E-state index is 0.804. The fraction of sp³-hybridized carbons (Fsp3) is 0.647. The zero-order chi connectivity index (χ0) is 12.6. The summed E-state index contributed by atoms with van der Waals surface area (Å²) in [5, 5.41) is 3.73. The highest BCUT2D eigenvalue weighted by Gasteiger charge is 2.16. The molecule has 18 heavy (non-hydrogen) atoms. The summed E-state index contributed by atoms with van der Waals surface area (Å²) in [7, 11) is 0. The minimum absolute atomic E-state index is 0.804. The first-order valence-corrected chi connectivity index (χ1v) is 7.62. The standard InChI is InChI=1S/C17H27N/c1-15-10-12-17(13-11-15)18-14-6-5-9-16-7-3-2-4-8-16/h2-4,7-8,15,17-18H,5-6,9-14H2,1H3/t15-,17-. The van der Waals surface area contributed by atoms with Crippen molar-refractivity contribution in [1.29, 1.82) is 0 Å². The van der Waals surface area contributed by atoms with Gasteiger partial charge in [-0.25, -0.2) is 0 Å². The van der Waals surface area contributed by atoms with E-state index in [4.69, 9.17) is 0 Å². The predicted octanol–water partition coefficient (Wildman–Crippen LogP) is 4.18. The van der Waals surface area contributed by atoms with E-state index in [0.717, 1.165) is 12.0 Å². The first-order chi connectivity index (χ1) is 8.84. The van der Waals surface area contributed by atoms with Gasteiger partial charge in [-0.2, -0.15) is 0 Å². The zero-order valence-corrected chi connectivity index (χ0v) is 11.7. The Morgan fingerprint density at radius 1 is 1.00 bits per heavy atom. The summed E-state index contributed by atoms with van der Waals surface area (Å²) in [5.41, 5.74) is 1.48. The van der Waals surface area contributed by atoms with Crippen molar-refractivity contribution in [2.45, 2.75) is 57.9 Å². The molecule has 0 bridgehead atoms. The van der Waals surface area contributed by atoms with Crippen molar-refractivity contribution in [3.63, 3.8) is 0 Å². The van der Waals surface area contributed by atoms with Gasteiger partial charge in [-0.15, -0.1) is 0 Å². The van der Waals surface area contributed by atoms with Gasteiger partial charge in [0.15, 0.2) is 0 Å². The fourth-order valence-electron chi connectivity index (χ4n) is 2.87. The lowest BCUT2D eigenvalue weighted by atomic mass is 9.87. The molecule has 1 aromatic rings. The van der Waals surface area contributed by atoms with Crippen LogP contribution >= 0.6 is 0 Å². The monoisotopic (exact) mass is 245 g/mol. The quantitative estimate of drug-likeness (QED) is 0.741. The Bertz CT molecular complexity index is 312. The molecule has 1 aromatic carbocycles. The molecule has 1 aliphatic rings. The van der Waals surface area contributed by atoms with Crippen LogP contribution in [0.25, 0.3) is 0 Å². The second-order valence-corrected chi connectivity index (χ2v) is 5.85. The summed E-state index contributed by atoms with van der Waals surface area (Å²) in [6.45, 7) is 3.59. The Balaban J connectivity index is 1.51. The number of unbranched alkanes of at least 4 members (excludes halogenated alkanes) is 1. The highest BCUT2D eigenvalue weighted by molar-refractivity contribution is 5.14. The van der Waals surface area contributed by atoms with E-state index < -0.39 is 0 Å². The molecule has 0 heterocycles. The van der Waals surface area contributed by atoms with E-state index in [1.807, 2.05) is 0 Å². The fourth-order valence-corrected chi connectivity index (χ4v) is 2.87. The van der Waals surface area contributed by atoms with Crippen molar-refractivity contribution in [1.82, 2.24) is 5.32 Å². The van der Waals surface area contributed by atoms with E-state index in [-0.39, 0.29) is 0 Å². The summed E-state index contributed by atoms with van der Waals surface area (Å²) in [6, 6.07) is 11.6. The van der Waals surface area contributed by atoms with Crippen LogP contribution in [0.3, 0.4) is 0 Å². The first kappa shape index (κ1) is 13.6. The second-order valence-electron chi connectivity index (χ2n) is 5.85. The number of nitrogens with one attached hydrogen (secondary N) is 1. The van der Waals surface area contributed by atoms with Crippen molar-refractivity contribution in [2.24, 2.45) is 5.92 Å². The van der Waals surface area contributed by atoms with Crippen LogP contribution in [0.2, 0.25) is 0 Å². The molecule has 1 fully saturated rings. The molecule has 1 nitrogen and oxygen atoms in total. The van der Waals surface area contributed by atoms with Gasteiger partial charge in [-0.1, -0.05) is 37.3 Å². The van der Waals surface area contributed by atoms with E-state index in [0.29, 0.717) is 0 Å². The topological polar surface area (TPSA) is 12.0 Å². The van der Waals surface area contributed by atoms with Crippen LogP contribution in [0.4, 0.5) is 0 Å². The summed E-state index contributed by atoms with van der Waals surface area (Å²) in [6.07, 6.45) is 9.45. The molecule has 0 aromatic heterocycles. The summed E-state index contributed by atoms with van der Waals surface area (Å²) < 4.78 is 0. The lowest BCUT2D eigenvalue weighted by molar-refractivity contribution is 0.306. The highest BCUT2D eigenvalue weighted by atomic mass is 14.9. The van der Waals surface area contributed by atoms with Gasteiger partial charge in [0.2, 0.25) is 0 Å². The van der Waals surface area contributed by atoms with E-state index in [9.17, 15) is 0 Å². The number of hydrogen-bond acceptors (Lipinski definition) is 1. The van der Waals surface area contributed by atoms with Crippen molar-refractivity contribution < 1.29 is 0 Å². The van der Waals surface area contributed by atoms with Crippen LogP contribution in [0.15, 0.2) is 30.3 Å². The van der Waals surface area contributed by atoms with Crippen LogP contribution in [0.1, 0.15) is 51.0 Å². The van der Waals surface area contributed by atoms with Crippen molar-refractivity contribution >= 4 is 0 Å². The lowest BCUT2D eigenvalue weighted by Crippen LogP contribution is -2.33. The first-order valence-electron chi connectivity index (χ1n) is 7.62. The number of benzene rings is 1.